The average molecular weight is 229 g/mol. The number of amides is 1. The lowest BCUT2D eigenvalue weighted by atomic mass is 10.2. The van der Waals surface area contributed by atoms with Crippen LogP contribution in [0.2, 0.25) is 0 Å². The van der Waals surface area contributed by atoms with Crippen LogP contribution in [0.4, 0.5) is 4.79 Å². The van der Waals surface area contributed by atoms with Crippen molar-refractivity contribution in [3.8, 4) is 0 Å². The molecule has 0 saturated heterocycles. The monoisotopic (exact) mass is 229 g/mol. The van der Waals surface area contributed by atoms with E-state index >= 15 is 0 Å². The first-order valence-electron chi connectivity index (χ1n) is 5.42. The molecule has 4 nitrogen and oxygen atoms in total. The normalized spacial score (nSPS) is 13.1. The largest absolute Gasteiger partial charge is 0.444 e. The number of nitrogens with zero attached hydrogens (tertiary/aromatic N) is 1. The van der Waals surface area contributed by atoms with Gasteiger partial charge < -0.3 is 9.84 Å². The molecule has 0 aliphatic rings. The van der Waals surface area contributed by atoms with Crippen molar-refractivity contribution < 1.29 is 14.6 Å². The van der Waals surface area contributed by atoms with Gasteiger partial charge in [-0.25, -0.2) is 4.79 Å². The molecule has 4 heteroatoms. The molecule has 0 saturated carbocycles. The molecule has 0 aromatic carbocycles. The van der Waals surface area contributed by atoms with Crippen LogP contribution in [0.3, 0.4) is 0 Å². The zero-order valence-corrected chi connectivity index (χ0v) is 10.9. The van der Waals surface area contributed by atoms with E-state index in [0.717, 1.165) is 5.57 Å². The Kier molecular flexibility index (Phi) is 5.51. The van der Waals surface area contributed by atoms with E-state index in [1.54, 1.807) is 6.92 Å². The van der Waals surface area contributed by atoms with Gasteiger partial charge in [-0.1, -0.05) is 12.2 Å². The molecule has 0 aromatic rings. The molecule has 0 aromatic heterocycles. The highest BCUT2D eigenvalue weighted by Crippen LogP contribution is 2.13. The number of aliphatic hydroxyl groups is 1. The molecule has 0 rings (SSSR count). The SMILES string of the molecule is C=C(C)CN(C(=O)OC(C)(C)C)[C@@H](C)CO. The van der Waals surface area contributed by atoms with Gasteiger partial charge >= 0.3 is 6.09 Å². The van der Waals surface area contributed by atoms with Crippen molar-refractivity contribution in [2.45, 2.75) is 46.3 Å². The number of aliphatic hydroxyl groups excluding tert-OH is 1. The number of hydrogen-bond acceptors (Lipinski definition) is 3. The fraction of sp³-hybridized carbons (Fsp3) is 0.750. The molecular weight excluding hydrogens is 206 g/mol. The molecule has 94 valence electrons. The maximum absolute atomic E-state index is 11.8. The fourth-order valence-corrected chi connectivity index (χ4v) is 1.11. The number of carbonyl (C=O) groups excluding carboxylic acids is 1. The summed E-state index contributed by atoms with van der Waals surface area (Å²) in [6, 6.07) is -0.272. The minimum Gasteiger partial charge on any atom is -0.444 e. The average Bonchev–Trinajstić information content (AvgIpc) is 2.09. The summed E-state index contributed by atoms with van der Waals surface area (Å²) in [5.74, 6) is 0. The Morgan fingerprint density at radius 2 is 2.00 bits per heavy atom. The quantitative estimate of drug-likeness (QED) is 0.752. The molecule has 0 heterocycles. The van der Waals surface area contributed by atoms with Crippen LogP contribution in [0.1, 0.15) is 34.6 Å². The molecule has 0 spiro atoms. The molecule has 0 fully saturated rings. The van der Waals surface area contributed by atoms with E-state index in [-0.39, 0.29) is 12.6 Å². The molecule has 0 aliphatic carbocycles. The first kappa shape index (κ1) is 15.0. The van der Waals surface area contributed by atoms with E-state index in [1.807, 2.05) is 27.7 Å². The Morgan fingerprint density at radius 1 is 1.50 bits per heavy atom. The Morgan fingerprint density at radius 3 is 2.31 bits per heavy atom. The summed E-state index contributed by atoms with van der Waals surface area (Å²) in [7, 11) is 0. The standard InChI is InChI=1S/C12H23NO3/c1-9(2)7-13(10(3)8-14)11(15)16-12(4,5)6/h10,14H,1,7-8H2,2-6H3/t10-/m0/s1. The summed E-state index contributed by atoms with van der Waals surface area (Å²) in [4.78, 5) is 13.3. The van der Waals surface area contributed by atoms with Crippen LogP contribution in [0.25, 0.3) is 0 Å². The molecule has 0 radical (unpaired) electrons. The lowest BCUT2D eigenvalue weighted by Gasteiger charge is -2.31. The summed E-state index contributed by atoms with van der Waals surface area (Å²) in [5.41, 5.74) is 0.325. The molecular formula is C12H23NO3. The van der Waals surface area contributed by atoms with Gasteiger partial charge in [0.2, 0.25) is 0 Å². The predicted octanol–water partition coefficient (Wildman–Crippen LogP) is 2.18. The van der Waals surface area contributed by atoms with Gasteiger partial charge in [-0.15, -0.1) is 0 Å². The van der Waals surface area contributed by atoms with Crippen LogP contribution in [-0.2, 0) is 4.74 Å². The second-order valence-electron chi connectivity index (χ2n) is 5.10. The van der Waals surface area contributed by atoms with E-state index in [1.165, 1.54) is 4.90 Å². The van der Waals surface area contributed by atoms with Gasteiger partial charge in [-0.05, 0) is 34.6 Å². The molecule has 0 aliphatic heterocycles. The predicted molar refractivity (Wildman–Crippen MR) is 64.3 cm³/mol. The minimum atomic E-state index is -0.528. The van der Waals surface area contributed by atoms with Crippen LogP contribution in [-0.4, -0.2) is 40.9 Å². The van der Waals surface area contributed by atoms with Crippen LogP contribution >= 0.6 is 0 Å². The Labute approximate surface area is 97.9 Å². The number of ether oxygens (including phenoxy) is 1. The molecule has 0 unspecified atom stereocenters. The zero-order valence-electron chi connectivity index (χ0n) is 10.9. The molecule has 1 N–H and O–H groups in total. The van der Waals surface area contributed by atoms with Crippen molar-refractivity contribution in [3.05, 3.63) is 12.2 Å². The number of carbonyl (C=O) groups is 1. The van der Waals surface area contributed by atoms with Gasteiger partial charge in [0.15, 0.2) is 0 Å². The minimum absolute atomic E-state index is 0.0908. The van der Waals surface area contributed by atoms with E-state index < -0.39 is 11.7 Å². The highest BCUT2D eigenvalue weighted by Gasteiger charge is 2.25. The topological polar surface area (TPSA) is 49.8 Å². The smallest absolute Gasteiger partial charge is 0.410 e. The van der Waals surface area contributed by atoms with Gasteiger partial charge in [0, 0.05) is 6.54 Å². The van der Waals surface area contributed by atoms with Gasteiger partial charge in [-0.3, -0.25) is 4.90 Å². The Bertz CT molecular complexity index is 255. The van der Waals surface area contributed by atoms with Crippen molar-refractivity contribution in [3.63, 3.8) is 0 Å². The van der Waals surface area contributed by atoms with E-state index in [4.69, 9.17) is 9.84 Å². The van der Waals surface area contributed by atoms with Crippen molar-refractivity contribution >= 4 is 6.09 Å². The van der Waals surface area contributed by atoms with Gasteiger partial charge in [0.1, 0.15) is 5.60 Å². The van der Waals surface area contributed by atoms with Gasteiger partial charge in [0.25, 0.3) is 0 Å². The van der Waals surface area contributed by atoms with Crippen molar-refractivity contribution in [1.29, 1.82) is 0 Å². The third-order valence-electron chi connectivity index (χ3n) is 1.86. The van der Waals surface area contributed by atoms with Crippen molar-refractivity contribution in [1.82, 2.24) is 4.90 Å². The summed E-state index contributed by atoms with van der Waals surface area (Å²) in [6.45, 7) is 13.1. The second-order valence-corrected chi connectivity index (χ2v) is 5.10. The summed E-state index contributed by atoms with van der Waals surface area (Å²) >= 11 is 0. The Balaban J connectivity index is 4.63. The number of rotatable bonds is 4. The van der Waals surface area contributed by atoms with Crippen LogP contribution in [0, 0.1) is 0 Å². The lowest BCUT2D eigenvalue weighted by Crippen LogP contribution is -2.44. The summed E-state index contributed by atoms with van der Waals surface area (Å²) < 4.78 is 5.26. The molecule has 0 bridgehead atoms. The Hall–Kier alpha value is -1.03. The zero-order chi connectivity index (χ0) is 12.9. The van der Waals surface area contributed by atoms with E-state index in [9.17, 15) is 4.79 Å². The lowest BCUT2D eigenvalue weighted by molar-refractivity contribution is 0.0140. The van der Waals surface area contributed by atoms with E-state index in [2.05, 4.69) is 6.58 Å². The maximum atomic E-state index is 11.8. The number of hydrogen-bond donors (Lipinski definition) is 1. The maximum Gasteiger partial charge on any atom is 0.410 e. The second kappa shape index (κ2) is 5.89. The molecule has 1 atom stereocenters. The third-order valence-corrected chi connectivity index (χ3v) is 1.86. The third kappa shape index (κ3) is 5.75. The van der Waals surface area contributed by atoms with E-state index in [0.29, 0.717) is 6.54 Å². The van der Waals surface area contributed by atoms with Crippen LogP contribution in [0.5, 0.6) is 0 Å². The van der Waals surface area contributed by atoms with Gasteiger partial charge in [0.05, 0.1) is 12.6 Å². The fourth-order valence-electron chi connectivity index (χ4n) is 1.11. The highest BCUT2D eigenvalue weighted by atomic mass is 16.6. The highest BCUT2D eigenvalue weighted by molar-refractivity contribution is 5.68. The van der Waals surface area contributed by atoms with Gasteiger partial charge in [-0.2, -0.15) is 0 Å². The van der Waals surface area contributed by atoms with Crippen LogP contribution < -0.4 is 0 Å². The first-order chi connectivity index (χ1) is 7.17. The molecule has 1 amide bonds. The van der Waals surface area contributed by atoms with Crippen molar-refractivity contribution in [2.75, 3.05) is 13.2 Å². The summed E-state index contributed by atoms with van der Waals surface area (Å²) in [5, 5.41) is 9.09. The summed E-state index contributed by atoms with van der Waals surface area (Å²) in [6.07, 6.45) is -0.419. The van der Waals surface area contributed by atoms with Crippen molar-refractivity contribution in [2.24, 2.45) is 0 Å². The molecule has 16 heavy (non-hydrogen) atoms. The first-order valence-corrected chi connectivity index (χ1v) is 5.42. The van der Waals surface area contributed by atoms with Crippen LogP contribution in [0.15, 0.2) is 12.2 Å².